The third-order valence-electron chi connectivity index (χ3n) is 3.67. The number of halogens is 1. The van der Waals surface area contributed by atoms with Gasteiger partial charge in [0.2, 0.25) is 10.0 Å². The molecule has 1 saturated carbocycles. The molecule has 0 spiro atoms. The van der Waals surface area contributed by atoms with E-state index < -0.39 is 10.0 Å². The van der Waals surface area contributed by atoms with E-state index >= 15 is 0 Å². The lowest BCUT2D eigenvalue weighted by Gasteiger charge is -2.28. The summed E-state index contributed by atoms with van der Waals surface area (Å²) in [5.41, 5.74) is 0. The first-order valence-corrected chi connectivity index (χ1v) is 8.91. The van der Waals surface area contributed by atoms with E-state index in [4.69, 9.17) is 0 Å². The molecule has 1 aromatic rings. The molecule has 0 radical (unpaired) electrons. The molecule has 0 aliphatic heterocycles. The second-order valence-electron chi connectivity index (χ2n) is 5.10. The van der Waals surface area contributed by atoms with Crippen molar-refractivity contribution in [2.45, 2.75) is 50.0 Å². The van der Waals surface area contributed by atoms with Gasteiger partial charge in [-0.25, -0.2) is 13.1 Å². The smallest absolute Gasteiger partial charge is 0.242 e. The first-order valence-electron chi connectivity index (χ1n) is 6.64. The minimum atomic E-state index is -3.46. The lowest BCUT2D eigenvalue weighted by atomic mass is 9.85. The Morgan fingerprint density at radius 3 is 2.89 bits per heavy atom. The first kappa shape index (κ1) is 14.9. The number of hydrogen-bond donors (Lipinski definition) is 1. The van der Waals surface area contributed by atoms with Crippen LogP contribution in [0.3, 0.4) is 0 Å². The van der Waals surface area contributed by atoms with Crippen molar-refractivity contribution in [1.29, 1.82) is 0 Å². The van der Waals surface area contributed by atoms with Gasteiger partial charge in [-0.2, -0.15) is 0 Å². The van der Waals surface area contributed by atoms with Crippen LogP contribution in [0.4, 0.5) is 0 Å². The Morgan fingerprint density at radius 2 is 2.21 bits per heavy atom. The monoisotopic (exact) mass is 346 g/mol. The van der Waals surface area contributed by atoms with E-state index in [0.717, 1.165) is 25.7 Å². The number of nitrogens with one attached hydrogen (secondary N) is 1. The molecular weight excluding hydrogens is 328 g/mol. The molecule has 2 unspecified atom stereocenters. The lowest BCUT2D eigenvalue weighted by Crippen LogP contribution is -2.38. The van der Waals surface area contributed by atoms with Gasteiger partial charge in [-0.3, -0.25) is 4.98 Å². The van der Waals surface area contributed by atoms with E-state index in [9.17, 15) is 8.42 Å². The molecule has 1 heterocycles. The van der Waals surface area contributed by atoms with Crippen LogP contribution in [0.2, 0.25) is 0 Å². The van der Waals surface area contributed by atoms with Gasteiger partial charge in [0.15, 0.2) is 0 Å². The van der Waals surface area contributed by atoms with Crippen molar-refractivity contribution in [3.8, 4) is 0 Å². The second-order valence-corrected chi connectivity index (χ2v) is 7.73. The number of aromatic nitrogens is 1. The third kappa shape index (κ3) is 4.00. The molecule has 1 aliphatic carbocycles. The molecule has 0 aromatic carbocycles. The Kier molecular flexibility index (Phi) is 4.97. The summed E-state index contributed by atoms with van der Waals surface area (Å²) in [5.74, 6) is 0.641. The predicted molar refractivity (Wildman–Crippen MR) is 78.3 cm³/mol. The summed E-state index contributed by atoms with van der Waals surface area (Å²) in [6, 6.07) is 1.64. The number of sulfonamides is 1. The van der Waals surface area contributed by atoms with Gasteiger partial charge >= 0.3 is 0 Å². The molecule has 0 amide bonds. The molecule has 1 aromatic heterocycles. The Bertz CT molecular complexity index is 533. The maximum atomic E-state index is 12.3. The van der Waals surface area contributed by atoms with Gasteiger partial charge in [0.1, 0.15) is 4.90 Å². The molecule has 1 aliphatic rings. The van der Waals surface area contributed by atoms with Crippen molar-refractivity contribution in [1.82, 2.24) is 9.71 Å². The Balaban J connectivity index is 2.09. The van der Waals surface area contributed by atoms with Gasteiger partial charge in [0.25, 0.3) is 0 Å². The minimum Gasteiger partial charge on any atom is -0.262 e. The van der Waals surface area contributed by atoms with Crippen molar-refractivity contribution < 1.29 is 8.42 Å². The molecule has 6 heteroatoms. The number of pyridine rings is 1. The lowest BCUT2D eigenvalue weighted by molar-refractivity contribution is 0.301. The summed E-state index contributed by atoms with van der Waals surface area (Å²) in [6.45, 7) is 2.17. The Morgan fingerprint density at radius 1 is 1.42 bits per heavy atom. The largest absolute Gasteiger partial charge is 0.262 e. The average molecular weight is 347 g/mol. The van der Waals surface area contributed by atoms with Crippen LogP contribution in [-0.4, -0.2) is 19.4 Å². The summed E-state index contributed by atoms with van der Waals surface area (Å²) in [6.07, 6.45) is 8.26. The summed E-state index contributed by atoms with van der Waals surface area (Å²) in [4.78, 5) is 4.13. The van der Waals surface area contributed by atoms with Crippen LogP contribution in [0.25, 0.3) is 0 Å². The van der Waals surface area contributed by atoms with Crippen molar-refractivity contribution in [2.75, 3.05) is 0 Å². The van der Waals surface area contributed by atoms with Gasteiger partial charge < -0.3 is 0 Å². The quantitative estimate of drug-likeness (QED) is 0.911. The Labute approximate surface area is 123 Å². The number of hydrogen-bond acceptors (Lipinski definition) is 3. The SMILES string of the molecule is CCC1CCCC(NS(=O)(=O)c2cncc(Br)c2)C1. The van der Waals surface area contributed by atoms with Crippen molar-refractivity contribution in [2.24, 2.45) is 5.92 Å². The summed E-state index contributed by atoms with van der Waals surface area (Å²) >= 11 is 3.25. The van der Waals surface area contributed by atoms with E-state index in [2.05, 4.69) is 32.6 Å². The molecule has 1 N–H and O–H groups in total. The van der Waals surface area contributed by atoms with Crippen LogP contribution in [0, 0.1) is 5.92 Å². The van der Waals surface area contributed by atoms with Crippen LogP contribution < -0.4 is 4.72 Å². The second kappa shape index (κ2) is 6.33. The molecule has 19 heavy (non-hydrogen) atoms. The predicted octanol–water partition coefficient (Wildman–Crippen LogP) is 3.09. The zero-order valence-corrected chi connectivity index (χ0v) is 13.4. The average Bonchev–Trinajstić information content (AvgIpc) is 2.38. The van der Waals surface area contributed by atoms with Gasteiger partial charge in [0, 0.05) is 22.9 Å². The highest BCUT2D eigenvalue weighted by Gasteiger charge is 2.25. The standard InChI is InChI=1S/C13H19BrN2O2S/c1-2-10-4-3-5-12(6-10)16-19(17,18)13-7-11(14)8-15-9-13/h7-10,12,16H,2-6H2,1H3. The van der Waals surface area contributed by atoms with E-state index in [1.807, 2.05) is 0 Å². The fourth-order valence-corrected chi connectivity index (χ4v) is 4.38. The minimum absolute atomic E-state index is 0.0580. The summed E-state index contributed by atoms with van der Waals surface area (Å²) < 4.78 is 28.0. The molecule has 0 saturated heterocycles. The van der Waals surface area contributed by atoms with Crippen molar-refractivity contribution in [3.05, 3.63) is 22.9 Å². The van der Waals surface area contributed by atoms with Crippen LogP contribution >= 0.6 is 15.9 Å². The third-order valence-corrected chi connectivity index (χ3v) is 5.59. The molecule has 2 rings (SSSR count). The molecular formula is C13H19BrN2O2S. The molecule has 2 atom stereocenters. The zero-order chi connectivity index (χ0) is 13.9. The van der Waals surface area contributed by atoms with Crippen LogP contribution in [0.1, 0.15) is 39.0 Å². The topological polar surface area (TPSA) is 59.1 Å². The van der Waals surface area contributed by atoms with Crippen molar-refractivity contribution in [3.63, 3.8) is 0 Å². The molecule has 1 fully saturated rings. The molecule has 106 valence electrons. The molecule has 0 bridgehead atoms. The van der Waals surface area contributed by atoms with E-state index in [0.29, 0.717) is 10.4 Å². The van der Waals surface area contributed by atoms with Crippen LogP contribution in [0.5, 0.6) is 0 Å². The highest BCUT2D eigenvalue weighted by Crippen LogP contribution is 2.27. The van der Waals surface area contributed by atoms with Crippen LogP contribution in [-0.2, 0) is 10.0 Å². The van der Waals surface area contributed by atoms with Crippen molar-refractivity contribution >= 4 is 26.0 Å². The maximum Gasteiger partial charge on any atom is 0.242 e. The van der Waals surface area contributed by atoms with Gasteiger partial charge in [-0.05, 0) is 40.8 Å². The number of nitrogens with zero attached hydrogens (tertiary/aromatic N) is 1. The zero-order valence-electron chi connectivity index (χ0n) is 11.0. The fourth-order valence-electron chi connectivity index (χ4n) is 2.60. The number of rotatable bonds is 4. The summed E-state index contributed by atoms with van der Waals surface area (Å²) in [5, 5.41) is 0. The highest BCUT2D eigenvalue weighted by atomic mass is 79.9. The normalized spacial score (nSPS) is 24.3. The fraction of sp³-hybridized carbons (Fsp3) is 0.615. The van der Waals surface area contributed by atoms with Gasteiger partial charge in [0.05, 0.1) is 0 Å². The maximum absolute atomic E-state index is 12.3. The van der Waals surface area contributed by atoms with Gasteiger partial charge in [-0.1, -0.05) is 26.2 Å². The van der Waals surface area contributed by atoms with Gasteiger partial charge in [-0.15, -0.1) is 0 Å². The first-order chi connectivity index (χ1) is 9.01. The van der Waals surface area contributed by atoms with E-state index in [1.165, 1.54) is 12.6 Å². The summed E-state index contributed by atoms with van der Waals surface area (Å²) in [7, 11) is -3.46. The Hall–Kier alpha value is -0.460. The highest BCUT2D eigenvalue weighted by molar-refractivity contribution is 9.10. The van der Waals surface area contributed by atoms with E-state index in [1.54, 1.807) is 12.3 Å². The van der Waals surface area contributed by atoms with Crippen LogP contribution in [0.15, 0.2) is 27.8 Å². The van der Waals surface area contributed by atoms with E-state index in [-0.39, 0.29) is 10.9 Å². The molecule has 4 nitrogen and oxygen atoms in total.